The molecule has 1 aromatic carbocycles. The second-order valence-electron chi connectivity index (χ2n) is 3.82. The third-order valence-corrected chi connectivity index (χ3v) is 3.91. The minimum atomic E-state index is -0.130. The van der Waals surface area contributed by atoms with Crippen molar-refractivity contribution in [2.24, 2.45) is 5.92 Å². The van der Waals surface area contributed by atoms with Gasteiger partial charge in [-0.05, 0) is 30.2 Å². The predicted molar refractivity (Wildman–Crippen MR) is 63.4 cm³/mol. The van der Waals surface area contributed by atoms with Gasteiger partial charge in [0.05, 0.1) is 12.7 Å². The third kappa shape index (κ3) is 3.14. The molecule has 0 radical (unpaired) electrons. The summed E-state index contributed by atoms with van der Waals surface area (Å²) in [5.74, 6) is 3.28. The number of thioether (sulfide) groups is 1. The molecule has 0 aromatic heterocycles. The van der Waals surface area contributed by atoms with E-state index >= 15 is 0 Å². The Balaban J connectivity index is 1.71. The van der Waals surface area contributed by atoms with E-state index in [1.54, 1.807) is 0 Å². The van der Waals surface area contributed by atoms with Crippen LogP contribution in [0.1, 0.15) is 6.42 Å². The molecule has 2 atom stereocenters. The minimum Gasteiger partial charge on any atom is -0.494 e. The zero-order valence-electron chi connectivity index (χ0n) is 8.63. The van der Waals surface area contributed by atoms with Crippen molar-refractivity contribution in [3.05, 3.63) is 30.3 Å². The Morgan fingerprint density at radius 2 is 2.07 bits per heavy atom. The number of aliphatic hydroxyl groups is 1. The van der Waals surface area contributed by atoms with Gasteiger partial charge in [0.2, 0.25) is 0 Å². The standard InChI is InChI=1S/C12H16O2S/c13-12-9-15-8-10(12)6-7-14-11-4-2-1-3-5-11/h1-5,10,12-13H,6-9H2. The van der Waals surface area contributed by atoms with E-state index in [1.165, 1.54) is 0 Å². The molecule has 0 spiro atoms. The van der Waals surface area contributed by atoms with E-state index in [1.807, 2.05) is 42.1 Å². The first-order valence-corrected chi connectivity index (χ1v) is 6.45. The number of hydrogen-bond acceptors (Lipinski definition) is 3. The molecule has 0 amide bonds. The molecule has 1 aliphatic heterocycles. The van der Waals surface area contributed by atoms with Gasteiger partial charge >= 0.3 is 0 Å². The number of para-hydroxylation sites is 1. The molecule has 1 fully saturated rings. The topological polar surface area (TPSA) is 29.5 Å². The van der Waals surface area contributed by atoms with Gasteiger partial charge in [0.15, 0.2) is 0 Å². The van der Waals surface area contributed by atoms with Crippen LogP contribution in [0.5, 0.6) is 5.75 Å². The van der Waals surface area contributed by atoms with Crippen molar-refractivity contribution in [2.75, 3.05) is 18.1 Å². The third-order valence-electron chi connectivity index (χ3n) is 2.67. The number of aliphatic hydroxyl groups excluding tert-OH is 1. The van der Waals surface area contributed by atoms with Crippen LogP contribution >= 0.6 is 11.8 Å². The van der Waals surface area contributed by atoms with Crippen molar-refractivity contribution in [2.45, 2.75) is 12.5 Å². The SMILES string of the molecule is OC1CSCC1CCOc1ccccc1. The number of rotatable bonds is 4. The van der Waals surface area contributed by atoms with Crippen molar-refractivity contribution in [1.29, 1.82) is 0 Å². The van der Waals surface area contributed by atoms with E-state index in [4.69, 9.17) is 4.74 Å². The Kier molecular flexibility index (Phi) is 3.92. The van der Waals surface area contributed by atoms with E-state index in [2.05, 4.69) is 0 Å². The largest absolute Gasteiger partial charge is 0.494 e. The Morgan fingerprint density at radius 1 is 1.27 bits per heavy atom. The smallest absolute Gasteiger partial charge is 0.119 e. The van der Waals surface area contributed by atoms with Gasteiger partial charge in [0, 0.05) is 5.75 Å². The van der Waals surface area contributed by atoms with Crippen LogP contribution in [-0.4, -0.2) is 29.3 Å². The maximum absolute atomic E-state index is 9.61. The maximum Gasteiger partial charge on any atom is 0.119 e. The van der Waals surface area contributed by atoms with Crippen molar-refractivity contribution in [3.63, 3.8) is 0 Å². The quantitative estimate of drug-likeness (QED) is 0.850. The number of hydrogen-bond donors (Lipinski definition) is 1. The molecule has 1 saturated heterocycles. The number of ether oxygens (including phenoxy) is 1. The summed E-state index contributed by atoms with van der Waals surface area (Å²) < 4.78 is 5.60. The second kappa shape index (κ2) is 5.42. The van der Waals surface area contributed by atoms with Crippen LogP contribution in [0, 0.1) is 5.92 Å². The van der Waals surface area contributed by atoms with Crippen LogP contribution in [0.15, 0.2) is 30.3 Å². The lowest BCUT2D eigenvalue weighted by molar-refractivity contribution is 0.132. The molecule has 0 aliphatic carbocycles. The van der Waals surface area contributed by atoms with Crippen molar-refractivity contribution in [3.8, 4) is 5.75 Å². The first-order chi connectivity index (χ1) is 7.36. The summed E-state index contributed by atoms with van der Waals surface area (Å²) in [5, 5.41) is 9.61. The lowest BCUT2D eigenvalue weighted by Gasteiger charge is -2.13. The second-order valence-corrected chi connectivity index (χ2v) is 4.89. The maximum atomic E-state index is 9.61. The normalized spacial score (nSPS) is 25.4. The van der Waals surface area contributed by atoms with Gasteiger partial charge in [-0.2, -0.15) is 11.8 Å². The molecule has 15 heavy (non-hydrogen) atoms. The molecule has 3 heteroatoms. The summed E-state index contributed by atoms with van der Waals surface area (Å²) in [4.78, 5) is 0. The molecule has 0 saturated carbocycles. The average Bonchev–Trinajstić information content (AvgIpc) is 2.66. The van der Waals surface area contributed by atoms with Crippen LogP contribution in [0.4, 0.5) is 0 Å². The lowest BCUT2D eigenvalue weighted by atomic mass is 10.0. The van der Waals surface area contributed by atoms with Crippen LogP contribution < -0.4 is 4.74 Å². The van der Waals surface area contributed by atoms with Crippen LogP contribution in [0.2, 0.25) is 0 Å². The van der Waals surface area contributed by atoms with Gasteiger partial charge in [0.25, 0.3) is 0 Å². The lowest BCUT2D eigenvalue weighted by Crippen LogP contribution is -2.20. The average molecular weight is 224 g/mol. The van der Waals surface area contributed by atoms with E-state index in [0.29, 0.717) is 12.5 Å². The van der Waals surface area contributed by atoms with Crippen molar-refractivity contribution >= 4 is 11.8 Å². The fourth-order valence-electron chi connectivity index (χ4n) is 1.71. The van der Waals surface area contributed by atoms with Crippen LogP contribution in [0.3, 0.4) is 0 Å². The summed E-state index contributed by atoms with van der Waals surface area (Å²) in [6, 6.07) is 9.83. The molecule has 1 aliphatic rings. The highest BCUT2D eigenvalue weighted by Crippen LogP contribution is 2.26. The van der Waals surface area contributed by atoms with Gasteiger partial charge < -0.3 is 9.84 Å². The Labute approximate surface area is 94.6 Å². The summed E-state index contributed by atoms with van der Waals surface area (Å²) >= 11 is 1.83. The monoisotopic (exact) mass is 224 g/mol. The molecule has 2 unspecified atom stereocenters. The molecule has 1 aromatic rings. The van der Waals surface area contributed by atoms with Gasteiger partial charge in [-0.25, -0.2) is 0 Å². The summed E-state index contributed by atoms with van der Waals surface area (Å²) in [5.41, 5.74) is 0. The minimum absolute atomic E-state index is 0.130. The first kappa shape index (κ1) is 10.8. The van der Waals surface area contributed by atoms with Gasteiger partial charge in [-0.1, -0.05) is 18.2 Å². The highest BCUT2D eigenvalue weighted by atomic mass is 32.2. The summed E-state index contributed by atoms with van der Waals surface area (Å²) in [6.07, 6.45) is 0.817. The molecular formula is C12H16O2S. The summed E-state index contributed by atoms with van der Waals surface area (Å²) in [6.45, 7) is 0.701. The summed E-state index contributed by atoms with van der Waals surface area (Å²) in [7, 11) is 0. The Bertz CT molecular complexity index is 289. The molecular weight excluding hydrogens is 208 g/mol. The molecule has 2 rings (SSSR count). The molecule has 82 valence electrons. The van der Waals surface area contributed by atoms with E-state index in [9.17, 15) is 5.11 Å². The predicted octanol–water partition coefficient (Wildman–Crippen LogP) is 2.18. The van der Waals surface area contributed by atoms with Gasteiger partial charge in [0.1, 0.15) is 5.75 Å². The van der Waals surface area contributed by atoms with Crippen LogP contribution in [0.25, 0.3) is 0 Å². The molecule has 1 heterocycles. The zero-order chi connectivity index (χ0) is 10.5. The van der Waals surface area contributed by atoms with Gasteiger partial charge in [-0.15, -0.1) is 0 Å². The van der Waals surface area contributed by atoms with E-state index < -0.39 is 0 Å². The van der Waals surface area contributed by atoms with Crippen molar-refractivity contribution in [1.82, 2.24) is 0 Å². The van der Waals surface area contributed by atoms with E-state index in [0.717, 1.165) is 23.7 Å². The Hall–Kier alpha value is -0.670. The number of benzene rings is 1. The fraction of sp³-hybridized carbons (Fsp3) is 0.500. The van der Waals surface area contributed by atoms with E-state index in [-0.39, 0.29) is 6.10 Å². The van der Waals surface area contributed by atoms with Gasteiger partial charge in [-0.3, -0.25) is 0 Å². The highest BCUT2D eigenvalue weighted by molar-refractivity contribution is 7.99. The Morgan fingerprint density at radius 3 is 2.73 bits per heavy atom. The zero-order valence-corrected chi connectivity index (χ0v) is 9.45. The van der Waals surface area contributed by atoms with Crippen molar-refractivity contribution < 1.29 is 9.84 Å². The fourth-order valence-corrected chi connectivity index (χ4v) is 3.05. The molecule has 2 nitrogen and oxygen atoms in total. The first-order valence-electron chi connectivity index (χ1n) is 5.30. The molecule has 1 N–H and O–H groups in total. The molecule has 0 bridgehead atoms. The highest BCUT2D eigenvalue weighted by Gasteiger charge is 2.25. The van der Waals surface area contributed by atoms with Crippen LogP contribution in [-0.2, 0) is 0 Å².